The van der Waals surface area contributed by atoms with Crippen LogP contribution in [0.5, 0.6) is 0 Å². The largest absolute Gasteiger partial charge is 0.381 e. The van der Waals surface area contributed by atoms with E-state index in [0.29, 0.717) is 17.8 Å². The number of amides is 1. The Balaban J connectivity index is 1.60. The number of carbonyl (C=O) groups excluding carboxylic acids is 1. The average Bonchev–Trinajstić information content (AvgIpc) is 2.73. The second-order valence-corrected chi connectivity index (χ2v) is 8.81. The van der Waals surface area contributed by atoms with E-state index in [0.717, 1.165) is 12.1 Å². The Morgan fingerprint density at radius 1 is 1.03 bits per heavy atom. The number of rotatable bonds is 4. The number of piperidine rings is 1. The summed E-state index contributed by atoms with van der Waals surface area (Å²) in [5, 5.41) is 3.77. The van der Waals surface area contributed by atoms with Gasteiger partial charge < -0.3 is 10.2 Å². The lowest BCUT2D eigenvalue weighted by molar-refractivity contribution is 0.0643. The van der Waals surface area contributed by atoms with Gasteiger partial charge in [0.1, 0.15) is 0 Å². The highest BCUT2D eigenvalue weighted by atomic mass is 16.2. The lowest BCUT2D eigenvalue weighted by atomic mass is 9.69. The molecule has 1 aromatic carbocycles. The first kappa shape index (κ1) is 19.7. The maximum atomic E-state index is 13.0. The molecule has 1 amide bonds. The Morgan fingerprint density at radius 2 is 1.69 bits per heavy atom. The number of hydrogen-bond donors (Lipinski definition) is 1. The highest BCUT2D eigenvalue weighted by Gasteiger charge is 2.41. The predicted octanol–water partition coefficient (Wildman–Crippen LogP) is 4.53. The molecule has 1 fully saturated rings. The molecule has 1 saturated heterocycles. The van der Waals surface area contributed by atoms with Crippen molar-refractivity contribution in [1.29, 1.82) is 0 Å². The van der Waals surface area contributed by atoms with Gasteiger partial charge in [-0.15, -0.1) is 0 Å². The van der Waals surface area contributed by atoms with Crippen molar-refractivity contribution in [2.45, 2.75) is 45.8 Å². The van der Waals surface area contributed by atoms with E-state index in [1.54, 1.807) is 0 Å². The Hall–Kier alpha value is -2.62. The molecule has 1 aromatic rings. The summed E-state index contributed by atoms with van der Waals surface area (Å²) in [4.78, 5) is 19.4. The number of allylic oxidation sites excluding steroid dienone is 4. The summed E-state index contributed by atoms with van der Waals surface area (Å²) >= 11 is 0. The van der Waals surface area contributed by atoms with E-state index in [9.17, 15) is 4.79 Å². The number of hydrogen-bond acceptors (Lipinski definition) is 3. The first-order valence-corrected chi connectivity index (χ1v) is 10.7. The van der Waals surface area contributed by atoms with Crippen LogP contribution in [0.15, 0.2) is 65.3 Å². The Kier molecular flexibility index (Phi) is 5.44. The number of nitrogens with one attached hydrogen (secondary N) is 1. The fraction of sp³-hybridized carbons (Fsp3) is 0.440. The van der Waals surface area contributed by atoms with Crippen LogP contribution in [0, 0.1) is 17.8 Å². The molecule has 4 nitrogen and oxygen atoms in total. The van der Waals surface area contributed by atoms with Crippen LogP contribution in [0.4, 0.5) is 0 Å². The summed E-state index contributed by atoms with van der Waals surface area (Å²) in [6.07, 6.45) is 13.0. The SMILES string of the molecule is CC(C)N(C(=O)c1ccc(C2NC3=CC=NCC3C3C=CC=CC23)cc1)C(C)C. The third-order valence-corrected chi connectivity index (χ3v) is 6.32. The van der Waals surface area contributed by atoms with E-state index >= 15 is 0 Å². The minimum atomic E-state index is 0.0998. The van der Waals surface area contributed by atoms with Gasteiger partial charge in [-0.3, -0.25) is 9.79 Å². The molecule has 152 valence electrons. The minimum Gasteiger partial charge on any atom is -0.381 e. The van der Waals surface area contributed by atoms with Gasteiger partial charge in [0.05, 0.1) is 6.04 Å². The normalized spacial score (nSPS) is 27.3. The number of nitrogens with zero attached hydrogens (tertiary/aromatic N) is 2. The van der Waals surface area contributed by atoms with E-state index in [1.807, 2.05) is 23.2 Å². The zero-order valence-corrected chi connectivity index (χ0v) is 17.7. The second-order valence-electron chi connectivity index (χ2n) is 8.81. The second kappa shape index (κ2) is 8.02. The molecule has 4 rings (SSSR count). The van der Waals surface area contributed by atoms with Gasteiger partial charge in [-0.25, -0.2) is 0 Å². The molecule has 4 heteroatoms. The van der Waals surface area contributed by atoms with Crippen LogP contribution in [0.3, 0.4) is 0 Å². The van der Waals surface area contributed by atoms with Crippen LogP contribution >= 0.6 is 0 Å². The van der Waals surface area contributed by atoms with Crippen molar-refractivity contribution in [1.82, 2.24) is 10.2 Å². The monoisotopic (exact) mass is 389 g/mol. The maximum Gasteiger partial charge on any atom is 0.254 e. The molecule has 2 aliphatic heterocycles. The van der Waals surface area contributed by atoms with Crippen LogP contribution in [-0.4, -0.2) is 35.7 Å². The van der Waals surface area contributed by atoms with Gasteiger partial charge in [0.2, 0.25) is 0 Å². The van der Waals surface area contributed by atoms with Gasteiger partial charge in [0.25, 0.3) is 5.91 Å². The molecule has 2 heterocycles. The highest BCUT2D eigenvalue weighted by Crippen LogP contribution is 2.44. The maximum absolute atomic E-state index is 13.0. The van der Waals surface area contributed by atoms with E-state index in [1.165, 1.54) is 11.3 Å². The molecule has 0 aromatic heterocycles. The van der Waals surface area contributed by atoms with Crippen molar-refractivity contribution in [3.05, 3.63) is 71.5 Å². The fourth-order valence-corrected chi connectivity index (χ4v) is 5.02. The van der Waals surface area contributed by atoms with Gasteiger partial charge in [0.15, 0.2) is 0 Å². The Morgan fingerprint density at radius 3 is 2.34 bits per heavy atom. The smallest absolute Gasteiger partial charge is 0.254 e. The average molecular weight is 390 g/mol. The molecule has 4 unspecified atom stereocenters. The fourth-order valence-electron chi connectivity index (χ4n) is 5.02. The van der Waals surface area contributed by atoms with Crippen LogP contribution in [0.25, 0.3) is 0 Å². The molecule has 3 aliphatic rings. The number of dihydropyridines is 1. The van der Waals surface area contributed by atoms with Gasteiger partial charge in [0, 0.05) is 47.9 Å². The first-order valence-electron chi connectivity index (χ1n) is 10.7. The molecule has 1 N–H and O–H groups in total. The van der Waals surface area contributed by atoms with E-state index < -0.39 is 0 Å². The summed E-state index contributed by atoms with van der Waals surface area (Å²) in [7, 11) is 0. The van der Waals surface area contributed by atoms with E-state index in [-0.39, 0.29) is 24.0 Å². The number of carbonyl (C=O) groups is 1. The van der Waals surface area contributed by atoms with Crippen LogP contribution < -0.4 is 5.32 Å². The molecule has 4 atom stereocenters. The van der Waals surface area contributed by atoms with E-state index in [2.05, 4.69) is 80.5 Å². The number of fused-ring (bicyclic) bond motifs is 3. The van der Waals surface area contributed by atoms with Crippen molar-refractivity contribution < 1.29 is 4.79 Å². The summed E-state index contributed by atoms with van der Waals surface area (Å²) in [6.45, 7) is 9.12. The lowest BCUT2D eigenvalue weighted by Gasteiger charge is -2.45. The molecule has 29 heavy (non-hydrogen) atoms. The van der Waals surface area contributed by atoms with Crippen molar-refractivity contribution in [3.63, 3.8) is 0 Å². The zero-order valence-electron chi connectivity index (χ0n) is 17.7. The predicted molar refractivity (Wildman–Crippen MR) is 119 cm³/mol. The van der Waals surface area contributed by atoms with Gasteiger partial charge in [-0.1, -0.05) is 36.4 Å². The lowest BCUT2D eigenvalue weighted by Crippen LogP contribution is -2.45. The topological polar surface area (TPSA) is 44.7 Å². The highest BCUT2D eigenvalue weighted by molar-refractivity contribution is 5.94. The number of aliphatic imine (C=N–C) groups is 1. The molecular weight excluding hydrogens is 358 g/mol. The molecule has 0 bridgehead atoms. The number of benzene rings is 1. The van der Waals surface area contributed by atoms with E-state index in [4.69, 9.17) is 0 Å². The molecule has 0 radical (unpaired) electrons. The molecule has 1 aliphatic carbocycles. The summed E-state index contributed by atoms with van der Waals surface area (Å²) < 4.78 is 0. The van der Waals surface area contributed by atoms with Crippen molar-refractivity contribution in [3.8, 4) is 0 Å². The van der Waals surface area contributed by atoms with Crippen LogP contribution in [-0.2, 0) is 0 Å². The zero-order chi connectivity index (χ0) is 20.5. The molecule has 0 saturated carbocycles. The van der Waals surface area contributed by atoms with Gasteiger partial charge in [-0.2, -0.15) is 0 Å². The third kappa shape index (κ3) is 3.68. The Labute approximate surface area is 174 Å². The van der Waals surface area contributed by atoms with Gasteiger partial charge >= 0.3 is 0 Å². The van der Waals surface area contributed by atoms with Crippen molar-refractivity contribution in [2.24, 2.45) is 22.7 Å². The van der Waals surface area contributed by atoms with Crippen LogP contribution in [0.1, 0.15) is 49.7 Å². The minimum absolute atomic E-state index is 0.0998. The first-order chi connectivity index (χ1) is 14.0. The summed E-state index contributed by atoms with van der Waals surface area (Å²) in [5.74, 6) is 1.37. The van der Waals surface area contributed by atoms with Crippen LogP contribution in [0.2, 0.25) is 0 Å². The van der Waals surface area contributed by atoms with Crippen molar-refractivity contribution >= 4 is 12.1 Å². The quantitative estimate of drug-likeness (QED) is 0.822. The Bertz CT molecular complexity index is 868. The third-order valence-electron chi connectivity index (χ3n) is 6.32. The standard InChI is InChI=1S/C25H31N3O/c1-16(2)28(17(3)4)25(29)19-11-9-18(10-12-19)24-21-8-6-5-7-20(21)22-15-26-14-13-23(22)27-24/h5-14,16-17,20-22,24,27H,15H2,1-4H3. The van der Waals surface area contributed by atoms with Crippen molar-refractivity contribution in [2.75, 3.05) is 6.54 Å². The summed E-state index contributed by atoms with van der Waals surface area (Å²) in [5.41, 5.74) is 3.25. The summed E-state index contributed by atoms with van der Waals surface area (Å²) in [6, 6.07) is 8.76. The molecule has 0 spiro atoms. The molecular formula is C25H31N3O. The van der Waals surface area contributed by atoms with Gasteiger partial charge in [-0.05, 0) is 57.4 Å².